The average Bonchev–Trinajstić information content (AvgIpc) is 3.34. The highest BCUT2D eigenvalue weighted by atomic mass is 32.1. The van der Waals surface area contributed by atoms with Crippen LogP contribution in [0.3, 0.4) is 0 Å². The van der Waals surface area contributed by atoms with E-state index in [0.29, 0.717) is 23.4 Å². The summed E-state index contributed by atoms with van der Waals surface area (Å²) in [6.45, 7) is 10.3. The number of benzene rings is 1. The van der Waals surface area contributed by atoms with Crippen LogP contribution < -0.4 is 0 Å². The van der Waals surface area contributed by atoms with Crippen LogP contribution in [0.5, 0.6) is 0 Å². The molecule has 7 heteroatoms. The molecule has 28 heavy (non-hydrogen) atoms. The number of nitrogens with zero attached hydrogens (tertiary/aromatic N) is 5. The molecule has 2 aromatic heterocycles. The molecule has 4 rings (SSSR count). The van der Waals surface area contributed by atoms with Gasteiger partial charge in [-0.25, -0.2) is 0 Å². The van der Waals surface area contributed by atoms with Crippen molar-refractivity contribution in [3.63, 3.8) is 0 Å². The number of piperidine rings is 1. The molecule has 6 nitrogen and oxygen atoms in total. The molecule has 1 aliphatic heterocycles. The predicted octanol–water partition coefficient (Wildman–Crippen LogP) is 4.61. The Labute approximate surface area is 169 Å². The van der Waals surface area contributed by atoms with Gasteiger partial charge >= 0.3 is 0 Å². The lowest BCUT2D eigenvalue weighted by Gasteiger charge is -2.33. The first-order valence-corrected chi connectivity index (χ1v) is 10.8. The number of fused-ring (bicyclic) bond motifs is 1. The minimum Gasteiger partial charge on any atom is -0.338 e. The lowest BCUT2D eigenvalue weighted by Crippen LogP contribution is -2.39. The highest BCUT2D eigenvalue weighted by molar-refractivity contribution is 7.12. The first kappa shape index (κ1) is 19.1. The van der Waals surface area contributed by atoms with Crippen LogP contribution in [-0.2, 0) is 0 Å². The predicted molar refractivity (Wildman–Crippen MR) is 112 cm³/mol. The van der Waals surface area contributed by atoms with Gasteiger partial charge in [-0.05, 0) is 60.5 Å². The lowest BCUT2D eigenvalue weighted by atomic mass is 10.0. The minimum absolute atomic E-state index is 0.0840. The Morgan fingerprint density at radius 3 is 2.54 bits per heavy atom. The van der Waals surface area contributed by atoms with Crippen LogP contribution in [0.25, 0.3) is 10.2 Å². The smallest absolute Gasteiger partial charge is 0.253 e. The van der Waals surface area contributed by atoms with Gasteiger partial charge in [0, 0.05) is 24.3 Å². The summed E-state index contributed by atoms with van der Waals surface area (Å²) in [6.07, 6.45) is 1.87. The van der Waals surface area contributed by atoms with Gasteiger partial charge in [0.2, 0.25) is 0 Å². The van der Waals surface area contributed by atoms with Gasteiger partial charge in [0.05, 0.1) is 16.4 Å². The molecule has 1 aromatic carbocycles. The highest BCUT2D eigenvalue weighted by Gasteiger charge is 2.27. The fourth-order valence-corrected chi connectivity index (χ4v) is 4.38. The average molecular weight is 398 g/mol. The molecule has 0 aliphatic carbocycles. The summed E-state index contributed by atoms with van der Waals surface area (Å²) in [5.41, 5.74) is 3.95. The minimum atomic E-state index is 0.0840. The zero-order valence-electron chi connectivity index (χ0n) is 16.9. The molecule has 148 valence electrons. The van der Waals surface area contributed by atoms with Gasteiger partial charge < -0.3 is 4.90 Å². The monoisotopic (exact) mass is 397 g/mol. The van der Waals surface area contributed by atoms with E-state index in [9.17, 15) is 4.79 Å². The van der Waals surface area contributed by atoms with Crippen molar-refractivity contribution >= 4 is 27.7 Å². The fourth-order valence-electron chi connectivity index (χ4n) is 3.84. The zero-order chi connectivity index (χ0) is 19.8. The van der Waals surface area contributed by atoms with Crippen LogP contribution in [0.1, 0.15) is 80.2 Å². The van der Waals surface area contributed by atoms with Gasteiger partial charge in [0.15, 0.2) is 0 Å². The molecule has 1 aliphatic rings. The number of carbonyl (C=O) groups excluding carboxylic acids is 1. The topological polar surface area (TPSA) is 63.9 Å². The second-order valence-corrected chi connectivity index (χ2v) is 9.01. The Kier molecular flexibility index (Phi) is 5.19. The van der Waals surface area contributed by atoms with E-state index in [1.165, 1.54) is 17.2 Å². The Bertz CT molecular complexity index is 982. The zero-order valence-corrected chi connectivity index (χ0v) is 17.7. The number of rotatable bonds is 4. The van der Waals surface area contributed by atoms with E-state index >= 15 is 0 Å². The van der Waals surface area contributed by atoms with Gasteiger partial charge in [-0.15, -0.1) is 5.10 Å². The maximum Gasteiger partial charge on any atom is 0.253 e. The molecular weight excluding hydrogens is 370 g/mol. The van der Waals surface area contributed by atoms with Crippen LogP contribution in [0, 0.1) is 0 Å². The number of hydrogen-bond donors (Lipinski definition) is 0. The van der Waals surface area contributed by atoms with Crippen molar-refractivity contribution in [3.8, 4) is 0 Å². The molecule has 0 atom stereocenters. The number of likely N-dealkylation sites (tertiary alicyclic amines) is 1. The number of aromatic nitrogens is 4. The summed E-state index contributed by atoms with van der Waals surface area (Å²) >= 11 is 1.35. The number of amides is 1. The second kappa shape index (κ2) is 7.62. The highest BCUT2D eigenvalue weighted by Crippen LogP contribution is 2.30. The summed E-state index contributed by atoms with van der Waals surface area (Å²) in [5.74, 6) is 0.953. The molecule has 0 radical (unpaired) electrons. The maximum atomic E-state index is 12.9. The van der Waals surface area contributed by atoms with Crippen LogP contribution in [-0.4, -0.2) is 43.3 Å². The van der Waals surface area contributed by atoms with Crippen LogP contribution in [0.4, 0.5) is 0 Å². The molecule has 1 fully saturated rings. The van der Waals surface area contributed by atoms with Gasteiger partial charge in [-0.2, -0.15) is 5.10 Å². The quantitative estimate of drug-likeness (QED) is 0.645. The molecule has 1 amide bonds. The van der Waals surface area contributed by atoms with E-state index in [4.69, 9.17) is 5.10 Å². The first-order valence-electron chi connectivity index (χ1n) is 10.0. The SMILES string of the molecule is CC(C)c1cc(C(C)C)n(C2CCN(C(=O)c3ccc4snnc4c3)CC2)n1. The second-order valence-electron chi connectivity index (χ2n) is 8.23. The van der Waals surface area contributed by atoms with Crippen molar-refractivity contribution in [2.45, 2.75) is 58.4 Å². The van der Waals surface area contributed by atoms with Crippen LogP contribution in [0.15, 0.2) is 24.3 Å². The standard InChI is InChI=1S/C21H27N5OS/c1-13(2)17-12-19(14(3)4)26(23-17)16-7-9-25(10-8-16)21(27)15-5-6-20-18(11-15)22-24-28-20/h5-6,11-14,16H,7-10H2,1-4H3. The fraction of sp³-hybridized carbons (Fsp3) is 0.524. The van der Waals surface area contributed by atoms with E-state index in [1.54, 1.807) is 0 Å². The summed E-state index contributed by atoms with van der Waals surface area (Å²) in [4.78, 5) is 14.9. The third-order valence-corrected chi connectivity index (χ3v) is 6.26. The van der Waals surface area contributed by atoms with Crippen molar-refractivity contribution < 1.29 is 4.79 Å². The normalized spacial score (nSPS) is 15.9. The van der Waals surface area contributed by atoms with Gasteiger partial charge in [0.25, 0.3) is 5.91 Å². The molecule has 0 saturated carbocycles. The third-order valence-electron chi connectivity index (χ3n) is 5.56. The first-order chi connectivity index (χ1) is 13.4. The van der Waals surface area contributed by atoms with Gasteiger partial charge in [-0.1, -0.05) is 32.2 Å². The summed E-state index contributed by atoms with van der Waals surface area (Å²) in [5, 5.41) is 9.00. The molecule has 0 spiro atoms. The van der Waals surface area contributed by atoms with Gasteiger partial charge in [-0.3, -0.25) is 9.48 Å². The van der Waals surface area contributed by atoms with E-state index in [0.717, 1.165) is 41.8 Å². The lowest BCUT2D eigenvalue weighted by molar-refractivity contribution is 0.0688. The molecule has 0 unspecified atom stereocenters. The van der Waals surface area contributed by atoms with Crippen LogP contribution >= 0.6 is 11.5 Å². The molecule has 3 heterocycles. The van der Waals surface area contributed by atoms with Crippen molar-refractivity contribution in [3.05, 3.63) is 41.2 Å². The third kappa shape index (κ3) is 3.55. The van der Waals surface area contributed by atoms with Gasteiger partial charge in [0.1, 0.15) is 5.52 Å². The molecule has 1 saturated heterocycles. The maximum absolute atomic E-state index is 12.9. The van der Waals surface area contributed by atoms with Crippen LogP contribution in [0.2, 0.25) is 0 Å². The van der Waals surface area contributed by atoms with E-state index in [2.05, 4.69) is 48.0 Å². The Morgan fingerprint density at radius 2 is 1.86 bits per heavy atom. The Morgan fingerprint density at radius 1 is 1.11 bits per heavy atom. The van der Waals surface area contributed by atoms with Crippen molar-refractivity contribution in [2.24, 2.45) is 0 Å². The van der Waals surface area contributed by atoms with E-state index < -0.39 is 0 Å². The molecular formula is C21H27N5OS. The summed E-state index contributed by atoms with van der Waals surface area (Å²) < 4.78 is 7.19. The molecule has 3 aromatic rings. The summed E-state index contributed by atoms with van der Waals surface area (Å²) in [7, 11) is 0. The van der Waals surface area contributed by atoms with Crippen molar-refractivity contribution in [2.75, 3.05) is 13.1 Å². The Balaban J connectivity index is 1.48. The number of hydrogen-bond acceptors (Lipinski definition) is 5. The summed E-state index contributed by atoms with van der Waals surface area (Å²) in [6, 6.07) is 8.29. The molecule has 0 bridgehead atoms. The van der Waals surface area contributed by atoms with E-state index in [-0.39, 0.29) is 5.91 Å². The molecule has 0 N–H and O–H groups in total. The van der Waals surface area contributed by atoms with E-state index in [1.807, 2.05) is 23.1 Å². The largest absolute Gasteiger partial charge is 0.338 e. The van der Waals surface area contributed by atoms with Crippen molar-refractivity contribution in [1.82, 2.24) is 24.3 Å². The Hall–Kier alpha value is -2.28. The van der Waals surface area contributed by atoms with Crippen molar-refractivity contribution in [1.29, 1.82) is 0 Å². The number of carbonyl (C=O) groups is 1.